The van der Waals surface area contributed by atoms with Crippen molar-refractivity contribution in [2.45, 2.75) is 50.3 Å². The van der Waals surface area contributed by atoms with Gasteiger partial charge in [0, 0.05) is 13.1 Å². The lowest BCUT2D eigenvalue weighted by Crippen LogP contribution is -2.33. The third-order valence-electron chi connectivity index (χ3n) is 3.27. The lowest BCUT2D eigenvalue weighted by molar-refractivity contribution is -0.152. The van der Waals surface area contributed by atoms with Gasteiger partial charge >= 0.3 is 35.9 Å². The molecule has 0 rings (SSSR count). The van der Waals surface area contributed by atoms with Crippen LogP contribution in [0.4, 0.5) is 9.59 Å². The van der Waals surface area contributed by atoms with E-state index in [1.54, 1.807) is 0 Å². The van der Waals surface area contributed by atoms with Crippen LogP contribution in [0.15, 0.2) is 0 Å². The fourth-order valence-electron chi connectivity index (χ4n) is 1.57. The SMILES string of the molecule is NC(=O)NCCCC(N)C(=O)O.NC(=O)NCCCC(N)C(=O)O.O=C(O)CC(O)C(=O)O. The molecule has 15 N–H and O–H groups in total. The van der Waals surface area contributed by atoms with Crippen LogP contribution in [-0.2, 0) is 19.2 Å². The van der Waals surface area contributed by atoms with Gasteiger partial charge in [-0.25, -0.2) is 14.4 Å². The predicted octanol–water partition coefficient (Wildman–Crippen LogP) is -3.40. The molecule has 33 heavy (non-hydrogen) atoms. The number of urea groups is 2. The minimum absolute atomic E-state index is 0.329. The molecule has 4 amide bonds. The molecule has 0 aliphatic heterocycles. The van der Waals surface area contributed by atoms with Gasteiger partial charge in [0.2, 0.25) is 0 Å². The highest BCUT2D eigenvalue weighted by atomic mass is 16.4. The summed E-state index contributed by atoms with van der Waals surface area (Å²) >= 11 is 0. The Morgan fingerprint density at radius 3 is 1.18 bits per heavy atom. The van der Waals surface area contributed by atoms with Gasteiger partial charge in [-0.3, -0.25) is 14.4 Å². The Kier molecular flexibility index (Phi) is 20.8. The van der Waals surface area contributed by atoms with Crippen molar-refractivity contribution in [2.75, 3.05) is 13.1 Å². The van der Waals surface area contributed by atoms with E-state index < -0.39 is 60.5 Å². The zero-order valence-corrected chi connectivity index (χ0v) is 17.7. The van der Waals surface area contributed by atoms with Gasteiger partial charge in [-0.1, -0.05) is 0 Å². The first-order valence-corrected chi connectivity index (χ1v) is 9.27. The topological polar surface area (TPSA) is 332 Å². The van der Waals surface area contributed by atoms with Crippen LogP contribution in [-0.4, -0.2) is 92.7 Å². The number of amides is 4. The van der Waals surface area contributed by atoms with Crippen molar-refractivity contribution >= 4 is 35.9 Å². The molecule has 0 saturated carbocycles. The molecule has 0 saturated heterocycles. The predicted molar refractivity (Wildman–Crippen MR) is 111 cm³/mol. The molecule has 0 spiro atoms. The number of hydrogen-bond donors (Lipinski definition) is 11. The van der Waals surface area contributed by atoms with E-state index in [-0.39, 0.29) is 0 Å². The maximum Gasteiger partial charge on any atom is 0.333 e. The van der Waals surface area contributed by atoms with Crippen LogP contribution in [0, 0.1) is 0 Å². The Morgan fingerprint density at radius 2 is 1.00 bits per heavy atom. The second-order valence-electron chi connectivity index (χ2n) is 6.21. The maximum atomic E-state index is 10.2. The van der Waals surface area contributed by atoms with Gasteiger partial charge in [-0.05, 0) is 25.7 Å². The number of aliphatic hydroxyl groups is 1. The van der Waals surface area contributed by atoms with E-state index >= 15 is 0 Å². The van der Waals surface area contributed by atoms with Crippen molar-refractivity contribution < 1.29 is 54.3 Å². The number of aliphatic carboxylic acids is 4. The van der Waals surface area contributed by atoms with E-state index in [1.165, 1.54) is 0 Å². The molecular formula is C16H32N6O11. The van der Waals surface area contributed by atoms with E-state index in [9.17, 15) is 28.8 Å². The molecule has 0 radical (unpaired) electrons. The standard InChI is InChI=1S/2C6H13N3O3.C4H6O5/c2*7-4(5(10)11)2-1-3-9-6(8)12;5-2(4(8)9)1-3(6)7/h2*4H,1-3,7H2,(H,10,11)(H3,8,9,12);2,5H,1H2,(H,6,7)(H,8,9). The third-order valence-corrected chi connectivity index (χ3v) is 3.27. The number of carboxylic acid groups (broad SMARTS) is 4. The summed E-state index contributed by atoms with van der Waals surface area (Å²) in [5, 5.41) is 45.5. The van der Waals surface area contributed by atoms with E-state index in [0.29, 0.717) is 38.8 Å². The molecule has 192 valence electrons. The number of nitrogens with two attached hydrogens (primary N) is 4. The molecular weight excluding hydrogens is 452 g/mol. The minimum Gasteiger partial charge on any atom is -0.481 e. The van der Waals surface area contributed by atoms with Crippen molar-refractivity contribution in [3.8, 4) is 0 Å². The minimum atomic E-state index is -1.79. The first-order chi connectivity index (χ1) is 15.1. The quantitative estimate of drug-likeness (QED) is 0.114. The lowest BCUT2D eigenvalue weighted by atomic mass is 10.2. The molecule has 0 heterocycles. The number of aliphatic hydroxyl groups excluding tert-OH is 1. The van der Waals surface area contributed by atoms with Crippen LogP contribution < -0.4 is 33.6 Å². The van der Waals surface area contributed by atoms with Crippen LogP contribution in [0.5, 0.6) is 0 Å². The molecule has 0 aromatic heterocycles. The van der Waals surface area contributed by atoms with Crippen LogP contribution in [0.2, 0.25) is 0 Å². The van der Waals surface area contributed by atoms with Crippen molar-refractivity contribution in [2.24, 2.45) is 22.9 Å². The zero-order chi connectivity index (χ0) is 26.6. The molecule has 0 aromatic rings. The second kappa shape index (κ2) is 20.2. The van der Waals surface area contributed by atoms with Gasteiger partial charge < -0.3 is 59.1 Å². The van der Waals surface area contributed by atoms with Crippen LogP contribution >= 0.6 is 0 Å². The van der Waals surface area contributed by atoms with Crippen molar-refractivity contribution in [3.63, 3.8) is 0 Å². The van der Waals surface area contributed by atoms with Crippen LogP contribution in [0.3, 0.4) is 0 Å². The first kappa shape index (κ1) is 33.9. The molecule has 0 bridgehead atoms. The lowest BCUT2D eigenvalue weighted by Gasteiger charge is -2.05. The summed E-state index contributed by atoms with van der Waals surface area (Å²) in [7, 11) is 0. The van der Waals surface area contributed by atoms with E-state index in [4.69, 9.17) is 48.5 Å². The molecule has 3 atom stereocenters. The van der Waals surface area contributed by atoms with Gasteiger partial charge in [0.05, 0.1) is 6.42 Å². The third kappa shape index (κ3) is 28.3. The van der Waals surface area contributed by atoms with Gasteiger partial charge in [0.15, 0.2) is 6.10 Å². The number of carbonyl (C=O) groups is 6. The summed E-state index contributed by atoms with van der Waals surface area (Å²) in [4.78, 5) is 60.1. The molecule has 0 fully saturated rings. The summed E-state index contributed by atoms with van der Waals surface area (Å²) in [6, 6.07) is -2.95. The summed E-state index contributed by atoms with van der Waals surface area (Å²) in [6.07, 6.45) is -0.865. The number of primary amides is 2. The van der Waals surface area contributed by atoms with Crippen LogP contribution in [0.25, 0.3) is 0 Å². The normalized spacial score (nSPS) is 12.2. The highest BCUT2D eigenvalue weighted by molar-refractivity contribution is 5.79. The van der Waals surface area contributed by atoms with E-state index in [0.717, 1.165) is 0 Å². The van der Waals surface area contributed by atoms with Gasteiger partial charge in [-0.2, -0.15) is 0 Å². The molecule has 0 aromatic carbocycles. The molecule has 17 nitrogen and oxygen atoms in total. The molecule has 17 heteroatoms. The smallest absolute Gasteiger partial charge is 0.333 e. The van der Waals surface area contributed by atoms with E-state index in [1.807, 2.05) is 0 Å². The zero-order valence-electron chi connectivity index (χ0n) is 17.7. The first-order valence-electron chi connectivity index (χ1n) is 9.27. The number of hydrogen-bond acceptors (Lipinski definition) is 9. The Hall–Kier alpha value is -3.70. The Morgan fingerprint density at radius 1 is 0.667 bits per heavy atom. The fourth-order valence-corrected chi connectivity index (χ4v) is 1.57. The molecule has 3 unspecified atom stereocenters. The second-order valence-corrected chi connectivity index (χ2v) is 6.21. The monoisotopic (exact) mass is 484 g/mol. The Bertz CT molecular complexity index is 608. The van der Waals surface area contributed by atoms with Crippen LogP contribution in [0.1, 0.15) is 32.1 Å². The average molecular weight is 484 g/mol. The van der Waals surface area contributed by atoms with Crippen molar-refractivity contribution in [1.82, 2.24) is 10.6 Å². The summed E-state index contributed by atoms with van der Waals surface area (Å²) in [5.41, 5.74) is 19.9. The Balaban J connectivity index is -0.000000414. The number of carbonyl (C=O) groups excluding carboxylic acids is 2. The van der Waals surface area contributed by atoms with E-state index in [2.05, 4.69) is 10.6 Å². The summed E-state index contributed by atoms with van der Waals surface area (Å²) in [6.45, 7) is 0.715. The number of rotatable bonds is 13. The summed E-state index contributed by atoms with van der Waals surface area (Å²) < 4.78 is 0. The molecule has 0 aliphatic carbocycles. The number of carboxylic acids is 4. The summed E-state index contributed by atoms with van der Waals surface area (Å²) in [5.74, 6) is -4.91. The van der Waals surface area contributed by atoms with Crippen molar-refractivity contribution in [3.05, 3.63) is 0 Å². The average Bonchev–Trinajstić information content (AvgIpc) is 2.68. The fraction of sp³-hybridized carbons (Fsp3) is 0.625. The highest BCUT2D eigenvalue weighted by Crippen LogP contribution is 1.93. The maximum absolute atomic E-state index is 10.2. The largest absolute Gasteiger partial charge is 0.481 e. The number of nitrogens with one attached hydrogen (secondary N) is 2. The molecule has 0 aliphatic rings. The highest BCUT2D eigenvalue weighted by Gasteiger charge is 2.16. The Labute approximate surface area is 188 Å². The van der Waals surface area contributed by atoms with Crippen molar-refractivity contribution in [1.29, 1.82) is 0 Å². The van der Waals surface area contributed by atoms with Gasteiger partial charge in [-0.15, -0.1) is 0 Å². The van der Waals surface area contributed by atoms with Gasteiger partial charge in [0.25, 0.3) is 0 Å². The van der Waals surface area contributed by atoms with Gasteiger partial charge in [0.1, 0.15) is 12.1 Å².